The first-order valence-corrected chi connectivity index (χ1v) is 7.89. The van der Waals surface area contributed by atoms with Gasteiger partial charge in [-0.3, -0.25) is 9.69 Å². The number of carbonyl (C=O) groups excluding carboxylic acids is 1. The predicted octanol–water partition coefficient (Wildman–Crippen LogP) is 1.15. The van der Waals surface area contributed by atoms with Gasteiger partial charge in [-0.1, -0.05) is 0 Å². The molecule has 1 aliphatic rings. The van der Waals surface area contributed by atoms with Gasteiger partial charge in [-0.05, 0) is 31.5 Å². The molecular formula is C14H16N6OS. The maximum absolute atomic E-state index is 11.1. The molecule has 0 radical (unpaired) electrons. The molecule has 114 valence electrons. The van der Waals surface area contributed by atoms with E-state index in [1.165, 1.54) is 16.2 Å². The van der Waals surface area contributed by atoms with Crippen LogP contribution in [0.4, 0.5) is 0 Å². The van der Waals surface area contributed by atoms with E-state index in [4.69, 9.17) is 11.0 Å². The van der Waals surface area contributed by atoms with Crippen molar-refractivity contribution in [2.75, 3.05) is 13.1 Å². The van der Waals surface area contributed by atoms with Gasteiger partial charge >= 0.3 is 0 Å². The first-order valence-electron chi connectivity index (χ1n) is 7.08. The molecule has 0 bridgehead atoms. The minimum absolute atomic E-state index is 0.0639. The molecule has 1 fully saturated rings. The molecular weight excluding hydrogens is 300 g/mol. The first-order chi connectivity index (χ1) is 10.7. The standard InChI is InChI=1S/C14H16N6OS/c15-6-11-3-4-12(22-11)8-19-5-1-2-10(7-19)20-9-17-14(18-20)13(16)21/h3-4,9-10H,1-2,5,7-8H2,(H2,16,21)/t10-/m1/s1. The van der Waals surface area contributed by atoms with Crippen LogP contribution in [0.2, 0.25) is 0 Å². The van der Waals surface area contributed by atoms with Gasteiger partial charge in [0.05, 0.1) is 6.04 Å². The number of thiophene rings is 1. The third-order valence-electron chi connectivity index (χ3n) is 3.73. The third kappa shape index (κ3) is 3.16. The summed E-state index contributed by atoms with van der Waals surface area (Å²) in [5.74, 6) is -0.539. The van der Waals surface area contributed by atoms with Crippen molar-refractivity contribution < 1.29 is 4.79 Å². The van der Waals surface area contributed by atoms with Gasteiger partial charge in [-0.15, -0.1) is 16.4 Å². The number of hydrogen-bond donors (Lipinski definition) is 1. The lowest BCUT2D eigenvalue weighted by molar-refractivity contribution is 0.0989. The Kier molecular flexibility index (Phi) is 4.18. The third-order valence-corrected chi connectivity index (χ3v) is 4.71. The van der Waals surface area contributed by atoms with Crippen LogP contribution in [-0.2, 0) is 6.54 Å². The number of nitrogens with two attached hydrogens (primary N) is 1. The second-order valence-corrected chi connectivity index (χ2v) is 6.49. The highest BCUT2D eigenvalue weighted by atomic mass is 32.1. The molecule has 2 aromatic heterocycles. The van der Waals surface area contributed by atoms with Crippen molar-refractivity contribution in [2.45, 2.75) is 25.4 Å². The van der Waals surface area contributed by atoms with E-state index >= 15 is 0 Å². The van der Waals surface area contributed by atoms with Crippen LogP contribution >= 0.6 is 11.3 Å². The number of rotatable bonds is 4. The van der Waals surface area contributed by atoms with Gasteiger partial charge in [0.1, 0.15) is 17.3 Å². The summed E-state index contributed by atoms with van der Waals surface area (Å²) >= 11 is 1.53. The Morgan fingerprint density at radius 2 is 2.41 bits per heavy atom. The molecule has 0 aromatic carbocycles. The summed E-state index contributed by atoms with van der Waals surface area (Å²) in [5, 5.41) is 13.0. The van der Waals surface area contributed by atoms with Gasteiger partial charge < -0.3 is 5.73 Å². The van der Waals surface area contributed by atoms with Gasteiger partial charge in [0.2, 0.25) is 5.82 Å². The summed E-state index contributed by atoms with van der Waals surface area (Å²) in [6.45, 7) is 2.70. The van der Waals surface area contributed by atoms with Crippen molar-refractivity contribution in [3.8, 4) is 6.07 Å². The molecule has 2 N–H and O–H groups in total. The van der Waals surface area contributed by atoms with Gasteiger partial charge in [0, 0.05) is 18.0 Å². The van der Waals surface area contributed by atoms with Gasteiger partial charge in [0.25, 0.3) is 5.91 Å². The number of nitrogens with zero attached hydrogens (tertiary/aromatic N) is 5. The number of hydrogen-bond acceptors (Lipinski definition) is 6. The number of primary amides is 1. The van der Waals surface area contributed by atoms with Crippen LogP contribution in [0.5, 0.6) is 0 Å². The summed E-state index contributed by atoms with van der Waals surface area (Å²) < 4.78 is 1.74. The van der Waals surface area contributed by atoms with Crippen molar-refractivity contribution in [1.82, 2.24) is 19.7 Å². The lowest BCUT2D eigenvalue weighted by Crippen LogP contribution is -2.36. The number of amides is 1. The second-order valence-electron chi connectivity index (χ2n) is 5.32. The molecule has 1 amide bonds. The van der Waals surface area contributed by atoms with Crippen molar-refractivity contribution >= 4 is 17.2 Å². The van der Waals surface area contributed by atoms with Gasteiger partial charge in [-0.25, -0.2) is 9.67 Å². The number of likely N-dealkylation sites (tertiary alicyclic amines) is 1. The molecule has 3 rings (SSSR count). The molecule has 1 saturated heterocycles. The molecule has 2 aromatic rings. The molecule has 0 spiro atoms. The molecule has 0 aliphatic carbocycles. The summed E-state index contributed by atoms with van der Waals surface area (Å²) in [6.07, 6.45) is 3.64. The van der Waals surface area contributed by atoms with Crippen LogP contribution in [0.15, 0.2) is 18.5 Å². The van der Waals surface area contributed by atoms with E-state index in [0.717, 1.165) is 37.4 Å². The minimum Gasteiger partial charge on any atom is -0.363 e. The fourth-order valence-corrected chi connectivity index (χ4v) is 3.55. The van der Waals surface area contributed by atoms with Crippen molar-refractivity contribution in [2.24, 2.45) is 5.73 Å². The lowest BCUT2D eigenvalue weighted by Gasteiger charge is -2.32. The predicted molar refractivity (Wildman–Crippen MR) is 81.1 cm³/mol. The summed E-state index contributed by atoms with van der Waals surface area (Å²) in [6, 6.07) is 6.23. The largest absolute Gasteiger partial charge is 0.363 e. The molecule has 8 heteroatoms. The smallest absolute Gasteiger partial charge is 0.288 e. The molecule has 7 nitrogen and oxygen atoms in total. The van der Waals surface area contributed by atoms with E-state index in [2.05, 4.69) is 21.1 Å². The average Bonchev–Trinajstić information content (AvgIpc) is 3.16. The average molecular weight is 316 g/mol. The maximum atomic E-state index is 11.1. The Morgan fingerprint density at radius 3 is 3.09 bits per heavy atom. The zero-order valence-electron chi connectivity index (χ0n) is 12.0. The highest BCUT2D eigenvalue weighted by Crippen LogP contribution is 2.24. The molecule has 22 heavy (non-hydrogen) atoms. The number of piperidine rings is 1. The Labute approximate surface area is 132 Å². The van der Waals surface area contributed by atoms with Crippen molar-refractivity contribution in [1.29, 1.82) is 5.26 Å². The van der Waals surface area contributed by atoms with Gasteiger partial charge in [0.15, 0.2) is 0 Å². The van der Waals surface area contributed by atoms with Crippen LogP contribution in [0, 0.1) is 11.3 Å². The van der Waals surface area contributed by atoms with E-state index in [0.29, 0.717) is 0 Å². The Hall–Kier alpha value is -2.24. The van der Waals surface area contributed by atoms with Crippen molar-refractivity contribution in [3.05, 3.63) is 34.0 Å². The van der Waals surface area contributed by atoms with E-state index in [1.807, 2.05) is 12.1 Å². The number of nitriles is 1. The van der Waals surface area contributed by atoms with Crippen LogP contribution in [0.25, 0.3) is 0 Å². The fraction of sp³-hybridized carbons (Fsp3) is 0.429. The summed E-state index contributed by atoms with van der Waals surface area (Å²) in [4.78, 5) is 19.3. The summed E-state index contributed by atoms with van der Waals surface area (Å²) in [7, 11) is 0. The molecule has 0 saturated carbocycles. The molecule has 1 atom stereocenters. The SMILES string of the molecule is N#Cc1ccc(CN2CCC[C@@H](n3cnc(C(N)=O)n3)C2)s1. The first kappa shape index (κ1) is 14.7. The van der Waals surface area contributed by atoms with Crippen LogP contribution in [-0.4, -0.2) is 38.7 Å². The Morgan fingerprint density at radius 1 is 1.55 bits per heavy atom. The normalized spacial score (nSPS) is 19.0. The summed E-state index contributed by atoms with van der Waals surface area (Å²) in [5.41, 5.74) is 5.19. The zero-order valence-corrected chi connectivity index (χ0v) is 12.8. The number of aromatic nitrogens is 3. The topological polar surface area (TPSA) is 101 Å². The van der Waals surface area contributed by atoms with Crippen LogP contribution < -0.4 is 5.73 Å². The minimum atomic E-state index is -0.603. The van der Waals surface area contributed by atoms with E-state index in [-0.39, 0.29) is 11.9 Å². The second kappa shape index (κ2) is 6.25. The quantitative estimate of drug-likeness (QED) is 0.911. The lowest BCUT2D eigenvalue weighted by atomic mass is 10.1. The maximum Gasteiger partial charge on any atom is 0.288 e. The van der Waals surface area contributed by atoms with E-state index in [1.54, 1.807) is 11.0 Å². The Balaban J connectivity index is 1.65. The zero-order chi connectivity index (χ0) is 15.5. The van der Waals surface area contributed by atoms with Gasteiger partial charge in [-0.2, -0.15) is 5.26 Å². The van der Waals surface area contributed by atoms with Crippen LogP contribution in [0.1, 0.15) is 39.3 Å². The van der Waals surface area contributed by atoms with E-state index < -0.39 is 5.91 Å². The van der Waals surface area contributed by atoms with Crippen LogP contribution in [0.3, 0.4) is 0 Å². The van der Waals surface area contributed by atoms with Crippen molar-refractivity contribution in [3.63, 3.8) is 0 Å². The highest BCUT2D eigenvalue weighted by Gasteiger charge is 2.23. The number of carbonyl (C=O) groups is 1. The monoisotopic (exact) mass is 316 g/mol. The Bertz CT molecular complexity index is 715. The molecule has 1 aliphatic heterocycles. The fourth-order valence-electron chi connectivity index (χ4n) is 2.70. The molecule has 3 heterocycles. The van der Waals surface area contributed by atoms with E-state index in [9.17, 15) is 4.79 Å². The molecule has 0 unspecified atom stereocenters. The highest BCUT2D eigenvalue weighted by molar-refractivity contribution is 7.12.